The summed E-state index contributed by atoms with van der Waals surface area (Å²) in [5.41, 5.74) is 7.64. The highest BCUT2D eigenvalue weighted by Crippen LogP contribution is 2.23. The van der Waals surface area contributed by atoms with Crippen LogP contribution in [-0.4, -0.2) is 25.5 Å². The smallest absolute Gasteiger partial charge is 0.195 e. The number of nitrogens with one attached hydrogen (secondary N) is 1. The topological polar surface area (TPSA) is 64.3 Å². The van der Waals surface area contributed by atoms with Crippen molar-refractivity contribution in [2.24, 2.45) is 0 Å². The van der Waals surface area contributed by atoms with Gasteiger partial charge in [0.2, 0.25) is 0 Å². The van der Waals surface area contributed by atoms with Crippen LogP contribution < -0.4 is 15.8 Å². The molecule has 0 unspecified atom stereocenters. The predicted octanol–water partition coefficient (Wildman–Crippen LogP) is 5.37. The number of halogens is 1. The number of carbonyl (C=O) groups excluding carboxylic acids is 1. The Morgan fingerprint density at radius 2 is 1.82 bits per heavy atom. The van der Waals surface area contributed by atoms with E-state index in [0.29, 0.717) is 29.2 Å². The molecule has 0 heterocycles. The minimum atomic E-state index is -0.0850. The molecule has 0 aliphatic rings. The van der Waals surface area contributed by atoms with Crippen LogP contribution in [0.15, 0.2) is 59.6 Å². The van der Waals surface area contributed by atoms with E-state index >= 15 is 0 Å². The van der Waals surface area contributed by atoms with E-state index in [1.165, 1.54) is 12.8 Å². The molecule has 0 radical (unpaired) electrons. The van der Waals surface area contributed by atoms with Crippen molar-refractivity contribution in [3.63, 3.8) is 0 Å². The van der Waals surface area contributed by atoms with Gasteiger partial charge < -0.3 is 15.8 Å². The summed E-state index contributed by atoms with van der Waals surface area (Å²) < 4.78 is 6.71. The molecule has 0 bridgehead atoms. The Kier molecular flexibility index (Phi) is 9.80. The van der Waals surface area contributed by atoms with Gasteiger partial charge >= 0.3 is 0 Å². The molecular formula is C23H29BrN2O2. The standard InChI is InChI=1S/C23H29BrN2O2/c1-2-3-14-26-15-6-4-5-7-16-28-20-12-13-21(22(25)17-20)23(27)18-8-10-19(24)11-9-18/h2,8-13,17,26H,1,3-7,14-16,25H2. The highest BCUT2D eigenvalue weighted by atomic mass is 79.9. The molecule has 0 atom stereocenters. The van der Waals surface area contributed by atoms with E-state index in [1.807, 2.05) is 24.3 Å². The maximum atomic E-state index is 12.6. The fourth-order valence-electron chi connectivity index (χ4n) is 2.82. The number of benzene rings is 2. The molecule has 5 heteroatoms. The van der Waals surface area contributed by atoms with E-state index in [0.717, 1.165) is 36.8 Å². The Morgan fingerprint density at radius 3 is 2.54 bits per heavy atom. The summed E-state index contributed by atoms with van der Waals surface area (Å²) in [4.78, 5) is 12.6. The molecule has 0 saturated heterocycles. The summed E-state index contributed by atoms with van der Waals surface area (Å²) in [6.07, 6.45) is 7.46. The normalized spacial score (nSPS) is 10.6. The second-order valence-electron chi connectivity index (χ2n) is 6.68. The number of ether oxygens (including phenoxy) is 1. The molecule has 0 aromatic heterocycles. The number of nitrogens with two attached hydrogens (primary N) is 1. The van der Waals surface area contributed by atoms with Crippen LogP contribution in [-0.2, 0) is 0 Å². The Morgan fingerprint density at radius 1 is 1.07 bits per heavy atom. The van der Waals surface area contributed by atoms with Gasteiger partial charge in [0.05, 0.1) is 6.61 Å². The molecule has 0 saturated carbocycles. The maximum absolute atomic E-state index is 12.6. The van der Waals surface area contributed by atoms with E-state index in [-0.39, 0.29) is 5.78 Å². The van der Waals surface area contributed by atoms with Gasteiger partial charge in [-0.05, 0) is 68.8 Å². The second-order valence-corrected chi connectivity index (χ2v) is 7.59. The molecule has 4 nitrogen and oxygen atoms in total. The first-order valence-electron chi connectivity index (χ1n) is 9.76. The van der Waals surface area contributed by atoms with Crippen molar-refractivity contribution in [1.82, 2.24) is 5.32 Å². The predicted molar refractivity (Wildman–Crippen MR) is 120 cm³/mol. The summed E-state index contributed by atoms with van der Waals surface area (Å²) in [5.74, 6) is 0.620. The molecule has 28 heavy (non-hydrogen) atoms. The number of rotatable bonds is 13. The lowest BCUT2D eigenvalue weighted by Gasteiger charge is -2.10. The molecule has 2 aromatic rings. The number of hydrogen-bond donors (Lipinski definition) is 2. The van der Waals surface area contributed by atoms with E-state index < -0.39 is 0 Å². The molecule has 0 aliphatic heterocycles. The highest BCUT2D eigenvalue weighted by Gasteiger charge is 2.13. The lowest BCUT2D eigenvalue weighted by molar-refractivity contribution is 0.103. The molecule has 2 aromatic carbocycles. The Balaban J connectivity index is 1.71. The number of nitrogen functional groups attached to an aromatic ring is 1. The first-order chi connectivity index (χ1) is 13.6. The summed E-state index contributed by atoms with van der Waals surface area (Å²) in [5, 5.41) is 3.39. The zero-order chi connectivity index (χ0) is 20.2. The summed E-state index contributed by atoms with van der Waals surface area (Å²) >= 11 is 3.37. The number of unbranched alkanes of at least 4 members (excludes halogenated alkanes) is 3. The minimum Gasteiger partial charge on any atom is -0.494 e. The van der Waals surface area contributed by atoms with Crippen LogP contribution in [0.1, 0.15) is 48.0 Å². The van der Waals surface area contributed by atoms with Crippen LogP contribution in [0.2, 0.25) is 0 Å². The van der Waals surface area contributed by atoms with Crippen molar-refractivity contribution in [2.45, 2.75) is 32.1 Å². The molecule has 150 valence electrons. The van der Waals surface area contributed by atoms with E-state index in [4.69, 9.17) is 10.5 Å². The van der Waals surface area contributed by atoms with Crippen LogP contribution >= 0.6 is 15.9 Å². The summed E-state index contributed by atoms with van der Waals surface area (Å²) in [6.45, 7) is 6.43. The van der Waals surface area contributed by atoms with Gasteiger partial charge in [0.25, 0.3) is 0 Å². The molecule has 3 N–H and O–H groups in total. The molecule has 2 rings (SSSR count). The van der Waals surface area contributed by atoms with Crippen molar-refractivity contribution in [3.05, 3.63) is 70.7 Å². The SMILES string of the molecule is C=CCCNCCCCCCOc1ccc(C(=O)c2ccc(Br)cc2)c(N)c1. The zero-order valence-electron chi connectivity index (χ0n) is 16.3. The highest BCUT2D eigenvalue weighted by molar-refractivity contribution is 9.10. The van der Waals surface area contributed by atoms with Gasteiger partial charge in [-0.2, -0.15) is 0 Å². The Bertz CT molecular complexity index is 760. The van der Waals surface area contributed by atoms with Crippen molar-refractivity contribution >= 4 is 27.4 Å². The van der Waals surface area contributed by atoms with Crippen LogP contribution in [0, 0.1) is 0 Å². The summed E-state index contributed by atoms with van der Waals surface area (Å²) in [7, 11) is 0. The monoisotopic (exact) mass is 444 g/mol. The Labute approximate surface area is 176 Å². The van der Waals surface area contributed by atoms with Gasteiger partial charge in [0, 0.05) is 27.4 Å². The summed E-state index contributed by atoms with van der Waals surface area (Å²) in [6, 6.07) is 12.5. The first-order valence-corrected chi connectivity index (χ1v) is 10.6. The fraction of sp³-hybridized carbons (Fsp3) is 0.348. The number of ketones is 1. The van der Waals surface area contributed by atoms with Gasteiger partial charge in [-0.1, -0.05) is 34.8 Å². The largest absolute Gasteiger partial charge is 0.494 e. The van der Waals surface area contributed by atoms with Crippen LogP contribution in [0.5, 0.6) is 5.75 Å². The quantitative estimate of drug-likeness (QED) is 0.188. The second kappa shape index (κ2) is 12.4. The lowest BCUT2D eigenvalue weighted by Crippen LogP contribution is -2.15. The number of hydrogen-bond acceptors (Lipinski definition) is 4. The van der Waals surface area contributed by atoms with Crippen molar-refractivity contribution in [2.75, 3.05) is 25.4 Å². The van der Waals surface area contributed by atoms with Gasteiger partial charge in [0.1, 0.15) is 5.75 Å². The van der Waals surface area contributed by atoms with E-state index in [9.17, 15) is 4.79 Å². The lowest BCUT2D eigenvalue weighted by atomic mass is 10.0. The van der Waals surface area contributed by atoms with Crippen LogP contribution in [0.4, 0.5) is 5.69 Å². The van der Waals surface area contributed by atoms with Gasteiger partial charge in [0.15, 0.2) is 5.78 Å². The van der Waals surface area contributed by atoms with Gasteiger partial charge in [-0.15, -0.1) is 6.58 Å². The molecule has 0 spiro atoms. The molecule has 0 fully saturated rings. The fourth-order valence-corrected chi connectivity index (χ4v) is 3.08. The van der Waals surface area contributed by atoms with Crippen molar-refractivity contribution in [3.8, 4) is 5.75 Å². The van der Waals surface area contributed by atoms with Gasteiger partial charge in [-0.25, -0.2) is 0 Å². The van der Waals surface area contributed by atoms with E-state index in [2.05, 4.69) is 27.8 Å². The number of carbonyl (C=O) groups is 1. The number of anilines is 1. The average Bonchev–Trinajstić information content (AvgIpc) is 2.69. The molecule has 0 amide bonds. The minimum absolute atomic E-state index is 0.0850. The third-order valence-electron chi connectivity index (χ3n) is 4.42. The molecular weight excluding hydrogens is 416 g/mol. The molecule has 0 aliphatic carbocycles. The van der Waals surface area contributed by atoms with E-state index in [1.54, 1.807) is 24.3 Å². The zero-order valence-corrected chi connectivity index (χ0v) is 17.8. The third kappa shape index (κ3) is 7.49. The third-order valence-corrected chi connectivity index (χ3v) is 4.94. The van der Waals surface area contributed by atoms with Crippen LogP contribution in [0.3, 0.4) is 0 Å². The van der Waals surface area contributed by atoms with Crippen LogP contribution in [0.25, 0.3) is 0 Å². The maximum Gasteiger partial charge on any atom is 0.195 e. The first kappa shape index (κ1) is 22.2. The average molecular weight is 445 g/mol. The van der Waals surface area contributed by atoms with Crippen molar-refractivity contribution < 1.29 is 9.53 Å². The van der Waals surface area contributed by atoms with Gasteiger partial charge in [-0.3, -0.25) is 4.79 Å². The Hall–Kier alpha value is -2.11. The van der Waals surface area contributed by atoms with Crippen molar-refractivity contribution in [1.29, 1.82) is 0 Å².